The number of nitrogens with zero attached hydrogens (tertiary/aromatic N) is 1. The number of amides is 1. The summed E-state index contributed by atoms with van der Waals surface area (Å²) < 4.78 is 59.8. The van der Waals surface area contributed by atoms with Gasteiger partial charge in [-0.1, -0.05) is 30.3 Å². The zero-order valence-electron chi connectivity index (χ0n) is 17.1. The molecular weight excluding hydrogens is 426 g/mol. The van der Waals surface area contributed by atoms with Gasteiger partial charge in [0.2, 0.25) is 15.9 Å². The van der Waals surface area contributed by atoms with Crippen molar-refractivity contribution in [3.63, 3.8) is 0 Å². The molecule has 2 aromatic rings. The summed E-state index contributed by atoms with van der Waals surface area (Å²) in [7, 11) is -3.43. The van der Waals surface area contributed by atoms with Gasteiger partial charge >= 0.3 is 0 Å². The van der Waals surface area contributed by atoms with E-state index in [-0.39, 0.29) is 36.5 Å². The Hall–Kier alpha value is -2.36. The molecule has 0 radical (unpaired) electrons. The number of benzene rings is 2. The van der Waals surface area contributed by atoms with E-state index in [4.69, 9.17) is 4.74 Å². The number of carbonyl (C=O) groups excluding carboxylic acids is 1. The highest BCUT2D eigenvalue weighted by Gasteiger charge is 2.47. The molecule has 1 aliphatic carbocycles. The number of nitrogens with one attached hydrogen (secondary N) is 1. The van der Waals surface area contributed by atoms with Crippen LogP contribution in [0.25, 0.3) is 11.1 Å². The third-order valence-electron chi connectivity index (χ3n) is 5.66. The van der Waals surface area contributed by atoms with Crippen molar-refractivity contribution < 1.29 is 26.7 Å². The SMILES string of the molecule is CS(=O)(=O)NC1COCCN(C(=O)[C@@H]2C[C@H]2c2ccccc2-c2c(F)cccc2F)C1. The van der Waals surface area contributed by atoms with E-state index < -0.39 is 27.7 Å². The number of hydrogen-bond donors (Lipinski definition) is 1. The molecule has 31 heavy (non-hydrogen) atoms. The predicted molar refractivity (Wildman–Crippen MR) is 112 cm³/mol. The van der Waals surface area contributed by atoms with E-state index in [9.17, 15) is 22.0 Å². The lowest BCUT2D eigenvalue weighted by Crippen LogP contribution is -2.46. The van der Waals surface area contributed by atoms with Gasteiger partial charge in [0.05, 0.1) is 31.1 Å². The molecule has 2 aliphatic rings. The van der Waals surface area contributed by atoms with E-state index in [2.05, 4.69) is 4.72 Å². The maximum atomic E-state index is 14.4. The van der Waals surface area contributed by atoms with Crippen molar-refractivity contribution in [3.8, 4) is 11.1 Å². The number of carbonyl (C=O) groups is 1. The first-order valence-corrected chi connectivity index (χ1v) is 12.0. The lowest BCUT2D eigenvalue weighted by Gasteiger charge is -2.24. The number of hydrogen-bond acceptors (Lipinski definition) is 4. The van der Waals surface area contributed by atoms with Crippen molar-refractivity contribution in [1.29, 1.82) is 0 Å². The van der Waals surface area contributed by atoms with Crippen molar-refractivity contribution >= 4 is 15.9 Å². The molecule has 9 heteroatoms. The predicted octanol–water partition coefficient (Wildman–Crippen LogP) is 2.51. The standard InChI is InChI=1S/C22H24F2N2O4S/c1-31(28,29)25-14-12-26(9-10-30-13-14)22(27)18-11-17(18)15-5-2-3-6-16(15)21-19(23)7-4-8-20(21)24/h2-8,14,17-18,25H,9-13H2,1H3/t14?,17-,18+/m0/s1. The van der Waals surface area contributed by atoms with Gasteiger partial charge in [0.1, 0.15) is 11.6 Å². The average Bonchev–Trinajstić information content (AvgIpc) is 3.51. The fourth-order valence-electron chi connectivity index (χ4n) is 4.23. The summed E-state index contributed by atoms with van der Waals surface area (Å²) in [5, 5.41) is 0. The van der Waals surface area contributed by atoms with Crippen molar-refractivity contribution in [2.24, 2.45) is 5.92 Å². The molecule has 0 bridgehead atoms. The minimum atomic E-state index is -3.43. The normalized spacial score (nSPS) is 24.0. The molecule has 1 saturated heterocycles. The van der Waals surface area contributed by atoms with E-state index in [0.717, 1.165) is 11.8 Å². The van der Waals surface area contributed by atoms with Crippen LogP contribution in [0.15, 0.2) is 42.5 Å². The number of sulfonamides is 1. The van der Waals surface area contributed by atoms with Gasteiger partial charge in [-0.05, 0) is 35.6 Å². The second-order valence-electron chi connectivity index (χ2n) is 8.08. The molecule has 1 unspecified atom stereocenters. The molecule has 2 fully saturated rings. The lowest BCUT2D eigenvalue weighted by atomic mass is 9.95. The molecule has 166 valence electrons. The Bertz CT molecular complexity index is 1070. The molecule has 1 N–H and O–H groups in total. The summed E-state index contributed by atoms with van der Waals surface area (Å²) >= 11 is 0. The minimum Gasteiger partial charge on any atom is -0.378 e. The van der Waals surface area contributed by atoms with Crippen molar-refractivity contribution in [3.05, 3.63) is 59.7 Å². The Morgan fingerprint density at radius 1 is 1.13 bits per heavy atom. The van der Waals surface area contributed by atoms with Crippen LogP contribution in [0.3, 0.4) is 0 Å². The molecule has 4 rings (SSSR count). The molecule has 1 heterocycles. The Balaban J connectivity index is 1.53. The van der Waals surface area contributed by atoms with Crippen LogP contribution in [0.5, 0.6) is 0 Å². The van der Waals surface area contributed by atoms with E-state index in [1.54, 1.807) is 29.2 Å². The highest BCUT2D eigenvalue weighted by atomic mass is 32.2. The van der Waals surface area contributed by atoms with E-state index in [1.165, 1.54) is 18.2 Å². The van der Waals surface area contributed by atoms with Gasteiger partial charge in [-0.25, -0.2) is 21.9 Å². The molecule has 3 atom stereocenters. The van der Waals surface area contributed by atoms with Crippen LogP contribution in [-0.4, -0.2) is 57.8 Å². The van der Waals surface area contributed by atoms with E-state index in [0.29, 0.717) is 25.1 Å². The zero-order valence-corrected chi connectivity index (χ0v) is 17.9. The second-order valence-corrected chi connectivity index (χ2v) is 9.86. The fraction of sp³-hybridized carbons (Fsp3) is 0.409. The maximum absolute atomic E-state index is 14.4. The largest absolute Gasteiger partial charge is 0.378 e. The number of ether oxygens (including phenoxy) is 1. The molecule has 0 spiro atoms. The second kappa shape index (κ2) is 8.64. The quantitative estimate of drug-likeness (QED) is 0.760. The van der Waals surface area contributed by atoms with Crippen molar-refractivity contribution in [2.75, 3.05) is 32.6 Å². The monoisotopic (exact) mass is 450 g/mol. The summed E-state index contributed by atoms with van der Waals surface area (Å²) in [5.41, 5.74) is 1.10. The van der Waals surface area contributed by atoms with Crippen LogP contribution in [0.4, 0.5) is 8.78 Å². The van der Waals surface area contributed by atoms with Gasteiger partial charge in [0, 0.05) is 19.0 Å². The summed E-state index contributed by atoms with van der Waals surface area (Å²) in [6.07, 6.45) is 1.65. The minimum absolute atomic E-state index is 0.0863. The van der Waals surface area contributed by atoms with Crippen LogP contribution in [0.1, 0.15) is 17.9 Å². The first kappa shape index (κ1) is 21.9. The first-order valence-electron chi connectivity index (χ1n) is 10.1. The summed E-state index contributed by atoms with van der Waals surface area (Å²) in [5.74, 6) is -1.84. The topological polar surface area (TPSA) is 75.7 Å². The third kappa shape index (κ3) is 4.94. The summed E-state index contributed by atoms with van der Waals surface area (Å²) in [4.78, 5) is 14.8. The molecular formula is C22H24F2N2O4S. The van der Waals surface area contributed by atoms with Crippen LogP contribution < -0.4 is 4.72 Å². The molecule has 0 aromatic heterocycles. The lowest BCUT2D eigenvalue weighted by molar-refractivity contribution is -0.132. The van der Waals surface area contributed by atoms with Gasteiger partial charge in [-0.3, -0.25) is 4.79 Å². The van der Waals surface area contributed by atoms with E-state index >= 15 is 0 Å². The van der Waals surface area contributed by atoms with Crippen LogP contribution in [-0.2, 0) is 19.6 Å². The zero-order chi connectivity index (χ0) is 22.2. The van der Waals surface area contributed by atoms with Gasteiger partial charge in [0.15, 0.2) is 0 Å². The Kier molecular flexibility index (Phi) is 6.09. The van der Waals surface area contributed by atoms with Crippen LogP contribution in [0.2, 0.25) is 0 Å². The molecule has 6 nitrogen and oxygen atoms in total. The summed E-state index contributed by atoms with van der Waals surface area (Å²) in [6.45, 7) is 1.11. The average molecular weight is 451 g/mol. The molecule has 1 saturated carbocycles. The van der Waals surface area contributed by atoms with Crippen molar-refractivity contribution in [1.82, 2.24) is 9.62 Å². The fourth-order valence-corrected chi connectivity index (χ4v) is 4.98. The van der Waals surface area contributed by atoms with Crippen molar-refractivity contribution in [2.45, 2.75) is 18.4 Å². The highest BCUT2D eigenvalue weighted by molar-refractivity contribution is 7.88. The highest BCUT2D eigenvalue weighted by Crippen LogP contribution is 2.51. The Morgan fingerprint density at radius 3 is 2.55 bits per heavy atom. The maximum Gasteiger partial charge on any atom is 0.226 e. The van der Waals surface area contributed by atoms with Crippen LogP contribution in [0, 0.1) is 17.6 Å². The van der Waals surface area contributed by atoms with Gasteiger partial charge in [0.25, 0.3) is 0 Å². The number of halogens is 2. The van der Waals surface area contributed by atoms with E-state index in [1.807, 2.05) is 0 Å². The van der Waals surface area contributed by atoms with Gasteiger partial charge < -0.3 is 9.64 Å². The Labute approximate surface area is 180 Å². The van der Waals surface area contributed by atoms with Crippen LogP contribution >= 0.6 is 0 Å². The Morgan fingerprint density at radius 2 is 1.84 bits per heavy atom. The first-order chi connectivity index (χ1) is 14.7. The molecule has 2 aromatic carbocycles. The summed E-state index contributed by atoms with van der Waals surface area (Å²) in [6, 6.07) is 10.2. The smallest absolute Gasteiger partial charge is 0.226 e. The molecule has 1 amide bonds. The van der Waals surface area contributed by atoms with Gasteiger partial charge in [-0.15, -0.1) is 0 Å². The number of rotatable bonds is 5. The molecule has 1 aliphatic heterocycles. The van der Waals surface area contributed by atoms with Gasteiger partial charge in [-0.2, -0.15) is 0 Å². The third-order valence-corrected chi connectivity index (χ3v) is 6.42.